The highest BCUT2D eigenvalue weighted by atomic mass is 32.2. The summed E-state index contributed by atoms with van der Waals surface area (Å²) in [5, 5.41) is 0.682. The van der Waals surface area contributed by atoms with E-state index in [0.29, 0.717) is 0 Å². The van der Waals surface area contributed by atoms with Crippen molar-refractivity contribution >= 4 is 16.1 Å². The van der Waals surface area contributed by atoms with Crippen LogP contribution in [0.1, 0.15) is 0 Å². The van der Waals surface area contributed by atoms with Crippen molar-refractivity contribution in [2.75, 3.05) is 13.2 Å². The van der Waals surface area contributed by atoms with Crippen LogP contribution in [-0.4, -0.2) is 37.5 Å². The second-order valence-electron chi connectivity index (χ2n) is 2.02. The topological polar surface area (TPSA) is 92.7 Å². The second-order valence-corrected chi connectivity index (χ2v) is 3.52. The summed E-state index contributed by atoms with van der Waals surface area (Å²) in [5.41, 5.74) is 0. The van der Waals surface area contributed by atoms with E-state index in [0.717, 1.165) is 0 Å². The number of rotatable bonds is 1. The van der Waals surface area contributed by atoms with Crippen LogP contribution in [0.5, 0.6) is 0 Å². The molecule has 6 nitrogen and oxygen atoms in total. The largest absolute Gasteiger partial charge is 0.462 e. The molecule has 0 aromatic carbocycles. The Morgan fingerprint density at radius 1 is 1.64 bits per heavy atom. The molecular formula is C4H7NO5S. The van der Waals surface area contributed by atoms with Gasteiger partial charge in [0, 0.05) is 6.54 Å². The highest BCUT2D eigenvalue weighted by Crippen LogP contribution is 2.01. The van der Waals surface area contributed by atoms with Gasteiger partial charge in [-0.15, -0.1) is 0 Å². The van der Waals surface area contributed by atoms with Gasteiger partial charge >= 0.3 is 5.97 Å². The number of hydrogen-bond acceptors (Lipinski definition) is 5. The maximum atomic E-state index is 10.6. The van der Waals surface area contributed by atoms with Crippen molar-refractivity contribution in [1.82, 2.24) is 5.32 Å². The Labute approximate surface area is 63.3 Å². The Morgan fingerprint density at radius 3 is 2.64 bits per heavy atom. The van der Waals surface area contributed by atoms with Gasteiger partial charge in [-0.25, -0.2) is 4.79 Å². The minimum Gasteiger partial charge on any atom is -0.462 e. The Bertz CT molecular complexity index is 258. The van der Waals surface area contributed by atoms with Crippen molar-refractivity contribution in [2.45, 2.75) is 5.37 Å². The third-order valence-corrected chi connectivity index (χ3v) is 2.14. The van der Waals surface area contributed by atoms with Crippen LogP contribution < -0.4 is 5.32 Å². The first-order valence-electron chi connectivity index (χ1n) is 2.88. The molecule has 1 saturated heterocycles. The Balaban J connectivity index is 2.78. The molecule has 1 aliphatic rings. The third kappa shape index (κ3) is 1.88. The molecule has 64 valence electrons. The average molecular weight is 181 g/mol. The lowest BCUT2D eigenvalue weighted by atomic mass is 10.5. The lowest BCUT2D eigenvalue weighted by molar-refractivity contribution is -0.146. The van der Waals surface area contributed by atoms with Crippen LogP contribution in [0.15, 0.2) is 0 Å². The van der Waals surface area contributed by atoms with E-state index in [-0.39, 0.29) is 13.2 Å². The maximum Gasteiger partial charge on any atom is 0.341 e. The van der Waals surface area contributed by atoms with Crippen LogP contribution in [0.25, 0.3) is 0 Å². The van der Waals surface area contributed by atoms with E-state index >= 15 is 0 Å². The minimum absolute atomic E-state index is 0.130. The van der Waals surface area contributed by atoms with E-state index in [4.69, 9.17) is 4.55 Å². The van der Waals surface area contributed by atoms with E-state index in [2.05, 4.69) is 10.1 Å². The number of esters is 1. The van der Waals surface area contributed by atoms with Crippen molar-refractivity contribution in [3.8, 4) is 0 Å². The van der Waals surface area contributed by atoms with Gasteiger partial charge in [0.05, 0.1) is 0 Å². The number of hydrogen-bond donors (Lipinski definition) is 2. The molecule has 0 spiro atoms. The number of cyclic esters (lactones) is 1. The maximum absolute atomic E-state index is 10.6. The van der Waals surface area contributed by atoms with Gasteiger partial charge in [0.2, 0.25) is 5.37 Å². The fourth-order valence-electron chi connectivity index (χ4n) is 0.728. The zero-order chi connectivity index (χ0) is 8.48. The zero-order valence-electron chi connectivity index (χ0n) is 5.48. The molecule has 11 heavy (non-hydrogen) atoms. The smallest absolute Gasteiger partial charge is 0.341 e. The van der Waals surface area contributed by atoms with Crippen molar-refractivity contribution in [3.63, 3.8) is 0 Å². The predicted molar refractivity (Wildman–Crippen MR) is 34.3 cm³/mol. The quantitative estimate of drug-likeness (QED) is 0.372. The van der Waals surface area contributed by atoms with Crippen LogP contribution in [0.3, 0.4) is 0 Å². The lowest BCUT2D eigenvalue weighted by Gasteiger charge is -2.19. The Morgan fingerprint density at radius 2 is 2.27 bits per heavy atom. The molecule has 0 aliphatic carbocycles. The molecule has 0 saturated carbocycles. The summed E-state index contributed by atoms with van der Waals surface area (Å²) >= 11 is 0. The number of nitrogens with one attached hydrogen (secondary N) is 1. The summed E-state index contributed by atoms with van der Waals surface area (Å²) in [4.78, 5) is 10.6. The van der Waals surface area contributed by atoms with Gasteiger partial charge in [0.15, 0.2) is 0 Å². The van der Waals surface area contributed by atoms with Gasteiger partial charge in [-0.3, -0.25) is 9.87 Å². The summed E-state index contributed by atoms with van der Waals surface area (Å²) < 4.78 is 33.6. The standard InChI is InChI=1S/C4H7NO5S/c6-4-3(11(7,8)9)5-1-2-10-4/h3,5H,1-2H2,(H,7,8,9). The monoisotopic (exact) mass is 181 g/mol. The molecule has 2 N–H and O–H groups in total. The van der Waals surface area contributed by atoms with Crippen molar-refractivity contribution in [1.29, 1.82) is 0 Å². The van der Waals surface area contributed by atoms with Crippen molar-refractivity contribution in [3.05, 3.63) is 0 Å². The molecule has 1 unspecified atom stereocenters. The van der Waals surface area contributed by atoms with Crippen molar-refractivity contribution < 1.29 is 22.5 Å². The Kier molecular flexibility index (Phi) is 2.12. The van der Waals surface area contributed by atoms with Crippen LogP contribution in [0, 0.1) is 0 Å². The first-order chi connectivity index (χ1) is 5.02. The molecule has 0 radical (unpaired) electrons. The average Bonchev–Trinajstić information content (AvgIpc) is 1.86. The molecule has 7 heteroatoms. The SMILES string of the molecule is O=C1OCCNC1S(=O)(=O)O. The fourth-order valence-corrected chi connectivity index (χ4v) is 1.37. The lowest BCUT2D eigenvalue weighted by Crippen LogP contribution is -2.49. The number of morpholine rings is 1. The molecule has 0 amide bonds. The molecule has 0 bridgehead atoms. The molecule has 1 atom stereocenters. The van der Waals surface area contributed by atoms with E-state index in [1.165, 1.54) is 0 Å². The highest BCUT2D eigenvalue weighted by molar-refractivity contribution is 7.87. The number of carbonyl (C=O) groups excluding carboxylic acids is 1. The van der Waals surface area contributed by atoms with E-state index in [1.54, 1.807) is 0 Å². The predicted octanol–water partition coefficient (Wildman–Crippen LogP) is -1.65. The normalized spacial score (nSPS) is 26.3. The number of carbonyl (C=O) groups is 1. The summed E-state index contributed by atoms with van der Waals surface area (Å²) in [6.45, 7) is 0.362. The first-order valence-corrected chi connectivity index (χ1v) is 4.38. The summed E-state index contributed by atoms with van der Waals surface area (Å²) in [6.07, 6.45) is 0. The molecule has 1 fully saturated rings. The van der Waals surface area contributed by atoms with Gasteiger partial charge < -0.3 is 4.74 Å². The second kappa shape index (κ2) is 2.76. The summed E-state index contributed by atoms with van der Waals surface area (Å²) in [7, 11) is -4.36. The summed E-state index contributed by atoms with van der Waals surface area (Å²) in [6, 6.07) is 0. The molecular weight excluding hydrogens is 174 g/mol. The van der Waals surface area contributed by atoms with E-state index in [9.17, 15) is 13.2 Å². The van der Waals surface area contributed by atoms with Crippen LogP contribution in [0.4, 0.5) is 0 Å². The molecule has 0 aromatic rings. The van der Waals surface area contributed by atoms with E-state index in [1.807, 2.05) is 0 Å². The molecule has 1 aliphatic heterocycles. The van der Waals surface area contributed by atoms with E-state index < -0.39 is 21.5 Å². The number of ether oxygens (including phenoxy) is 1. The van der Waals surface area contributed by atoms with Crippen LogP contribution in [0.2, 0.25) is 0 Å². The zero-order valence-corrected chi connectivity index (χ0v) is 6.30. The van der Waals surface area contributed by atoms with Crippen LogP contribution >= 0.6 is 0 Å². The van der Waals surface area contributed by atoms with Gasteiger partial charge in [-0.05, 0) is 0 Å². The molecule has 0 aromatic heterocycles. The summed E-state index contributed by atoms with van der Waals surface area (Å²) in [5.74, 6) is -0.959. The van der Waals surface area contributed by atoms with Gasteiger partial charge in [0.1, 0.15) is 6.61 Å². The minimum atomic E-state index is -4.36. The fraction of sp³-hybridized carbons (Fsp3) is 0.750. The first kappa shape index (κ1) is 8.44. The Hall–Kier alpha value is -0.660. The van der Waals surface area contributed by atoms with Crippen molar-refractivity contribution in [2.24, 2.45) is 0 Å². The highest BCUT2D eigenvalue weighted by Gasteiger charge is 2.34. The third-order valence-electron chi connectivity index (χ3n) is 1.19. The van der Waals surface area contributed by atoms with Crippen LogP contribution in [-0.2, 0) is 19.6 Å². The molecule has 1 heterocycles. The van der Waals surface area contributed by atoms with Gasteiger partial charge in [-0.2, -0.15) is 8.42 Å². The van der Waals surface area contributed by atoms with Gasteiger partial charge in [-0.1, -0.05) is 0 Å². The van der Waals surface area contributed by atoms with Gasteiger partial charge in [0.25, 0.3) is 10.1 Å². The molecule has 1 rings (SSSR count).